The maximum Gasteiger partial charge on any atom is 0.252 e. The normalized spacial score (nSPS) is 11.4. The minimum Gasteiger partial charge on any atom is -0.493 e. The molecule has 1 N–H and O–H groups in total. The van der Waals surface area contributed by atoms with Crippen LogP contribution in [0, 0.1) is 0 Å². The first-order valence-corrected chi connectivity index (χ1v) is 8.46. The van der Waals surface area contributed by atoms with Crippen molar-refractivity contribution in [1.82, 2.24) is 9.71 Å². The number of rotatable bonds is 6. The summed E-state index contributed by atoms with van der Waals surface area (Å²) in [5.74, 6) is 1.12. The van der Waals surface area contributed by atoms with Gasteiger partial charge in [-0.2, -0.15) is 0 Å². The number of hydrogen-bond donors (Lipinski definition) is 1. The second kappa shape index (κ2) is 6.61. The molecule has 0 spiro atoms. The molecular weight excluding hydrogens is 336 g/mol. The van der Waals surface area contributed by atoms with Gasteiger partial charge in [-0.05, 0) is 17.7 Å². The summed E-state index contributed by atoms with van der Waals surface area (Å²) in [6.45, 7) is 0.123. The van der Waals surface area contributed by atoms with Crippen molar-refractivity contribution in [1.29, 1.82) is 0 Å². The number of sulfonamides is 1. The third-order valence-corrected chi connectivity index (χ3v) is 5.61. The van der Waals surface area contributed by atoms with E-state index in [1.54, 1.807) is 18.2 Å². The molecule has 1 heterocycles. The van der Waals surface area contributed by atoms with Crippen LogP contribution in [0.2, 0.25) is 4.47 Å². The van der Waals surface area contributed by atoms with Crippen LogP contribution in [0.1, 0.15) is 5.56 Å². The quantitative estimate of drug-likeness (QED) is 0.866. The summed E-state index contributed by atoms with van der Waals surface area (Å²) in [5, 5.41) is 0. The lowest BCUT2D eigenvalue weighted by Crippen LogP contribution is -2.22. The van der Waals surface area contributed by atoms with E-state index >= 15 is 0 Å². The molecule has 0 fully saturated rings. The van der Waals surface area contributed by atoms with E-state index in [0.717, 1.165) is 16.9 Å². The summed E-state index contributed by atoms with van der Waals surface area (Å²) in [6, 6.07) is 5.18. The van der Waals surface area contributed by atoms with Gasteiger partial charge in [0.05, 0.1) is 20.4 Å². The van der Waals surface area contributed by atoms with Crippen LogP contribution in [0.15, 0.2) is 28.6 Å². The fraction of sp³-hybridized carbons (Fsp3) is 0.250. The Morgan fingerprint density at radius 1 is 1.29 bits per heavy atom. The van der Waals surface area contributed by atoms with Gasteiger partial charge in [0.25, 0.3) is 10.0 Å². The van der Waals surface area contributed by atoms with E-state index < -0.39 is 10.0 Å². The van der Waals surface area contributed by atoms with Gasteiger partial charge in [-0.25, -0.2) is 18.1 Å². The van der Waals surface area contributed by atoms with Gasteiger partial charge < -0.3 is 9.47 Å². The number of benzene rings is 1. The molecule has 114 valence electrons. The molecule has 6 nitrogen and oxygen atoms in total. The van der Waals surface area contributed by atoms with Crippen LogP contribution in [0.3, 0.4) is 0 Å². The molecule has 1 aromatic heterocycles. The Bertz CT molecular complexity index is 731. The van der Waals surface area contributed by atoms with Crippen LogP contribution >= 0.6 is 22.9 Å². The molecule has 9 heteroatoms. The molecule has 21 heavy (non-hydrogen) atoms. The zero-order valence-electron chi connectivity index (χ0n) is 11.3. The Morgan fingerprint density at radius 2 is 2.00 bits per heavy atom. The van der Waals surface area contributed by atoms with Crippen molar-refractivity contribution >= 4 is 33.0 Å². The average Bonchev–Trinajstić information content (AvgIpc) is 2.92. The van der Waals surface area contributed by atoms with Crippen LogP contribution in [0.5, 0.6) is 11.5 Å². The molecule has 0 amide bonds. The lowest BCUT2D eigenvalue weighted by atomic mass is 10.2. The predicted molar refractivity (Wildman–Crippen MR) is 80.7 cm³/mol. The van der Waals surface area contributed by atoms with Crippen molar-refractivity contribution in [2.75, 3.05) is 14.2 Å². The van der Waals surface area contributed by atoms with Crippen LogP contribution in [-0.2, 0) is 16.6 Å². The number of halogens is 1. The first-order valence-electron chi connectivity index (χ1n) is 5.78. The smallest absolute Gasteiger partial charge is 0.252 e. The van der Waals surface area contributed by atoms with E-state index in [-0.39, 0.29) is 15.2 Å². The molecule has 0 aliphatic carbocycles. The largest absolute Gasteiger partial charge is 0.493 e. The SMILES string of the molecule is COc1ccc(CNS(=O)(=O)c2cnc(Cl)s2)cc1OC. The molecule has 0 atom stereocenters. The summed E-state index contributed by atoms with van der Waals surface area (Å²) in [6.07, 6.45) is 1.23. The van der Waals surface area contributed by atoms with Crippen molar-refractivity contribution in [2.24, 2.45) is 0 Å². The lowest BCUT2D eigenvalue weighted by Gasteiger charge is -2.10. The molecule has 0 saturated carbocycles. The molecule has 0 aliphatic rings. The van der Waals surface area contributed by atoms with Gasteiger partial charge in [-0.15, -0.1) is 0 Å². The minimum atomic E-state index is -3.62. The lowest BCUT2D eigenvalue weighted by molar-refractivity contribution is 0.354. The van der Waals surface area contributed by atoms with Gasteiger partial charge >= 0.3 is 0 Å². The van der Waals surface area contributed by atoms with Gasteiger partial charge in [-0.1, -0.05) is 29.0 Å². The number of methoxy groups -OCH3 is 2. The first kappa shape index (κ1) is 16.0. The molecule has 2 aromatic rings. The highest BCUT2D eigenvalue weighted by atomic mass is 35.5. The number of hydrogen-bond acceptors (Lipinski definition) is 6. The third-order valence-electron chi connectivity index (χ3n) is 2.64. The van der Waals surface area contributed by atoms with E-state index in [1.165, 1.54) is 20.4 Å². The van der Waals surface area contributed by atoms with E-state index in [4.69, 9.17) is 21.1 Å². The highest BCUT2D eigenvalue weighted by Gasteiger charge is 2.17. The van der Waals surface area contributed by atoms with E-state index in [9.17, 15) is 8.42 Å². The highest BCUT2D eigenvalue weighted by molar-refractivity contribution is 7.91. The Hall–Kier alpha value is -1.35. The van der Waals surface area contributed by atoms with E-state index in [0.29, 0.717) is 11.5 Å². The number of nitrogens with zero attached hydrogens (tertiary/aromatic N) is 1. The Labute approximate surface area is 131 Å². The maximum absolute atomic E-state index is 12.0. The monoisotopic (exact) mass is 348 g/mol. The summed E-state index contributed by atoms with van der Waals surface area (Å²) in [7, 11) is -0.569. The predicted octanol–water partition coefficient (Wildman–Crippen LogP) is 2.29. The fourth-order valence-corrected chi connectivity index (χ4v) is 3.96. The van der Waals surface area contributed by atoms with Gasteiger partial charge in [0.2, 0.25) is 0 Å². The number of nitrogens with one attached hydrogen (secondary N) is 1. The number of thiazole rings is 1. The Kier molecular flexibility index (Phi) is 5.04. The summed E-state index contributed by atoms with van der Waals surface area (Å²) in [5.41, 5.74) is 0.742. The van der Waals surface area contributed by atoms with Crippen molar-refractivity contribution in [3.05, 3.63) is 34.4 Å². The summed E-state index contributed by atoms with van der Waals surface area (Å²) < 4.78 is 37.1. The third kappa shape index (κ3) is 3.85. The van der Waals surface area contributed by atoms with Gasteiger partial charge in [0, 0.05) is 6.54 Å². The average molecular weight is 349 g/mol. The summed E-state index contributed by atoms with van der Waals surface area (Å²) in [4.78, 5) is 3.72. The molecule has 1 aromatic carbocycles. The van der Waals surface area contributed by atoms with Crippen molar-refractivity contribution in [3.63, 3.8) is 0 Å². The van der Waals surface area contributed by atoms with Crippen molar-refractivity contribution in [2.45, 2.75) is 10.8 Å². The minimum absolute atomic E-state index is 0.0768. The maximum atomic E-state index is 12.0. The number of aromatic nitrogens is 1. The number of ether oxygens (including phenoxy) is 2. The second-order valence-electron chi connectivity index (χ2n) is 3.95. The van der Waals surface area contributed by atoms with Crippen molar-refractivity contribution in [3.8, 4) is 11.5 Å². The van der Waals surface area contributed by atoms with Gasteiger partial charge in [0.15, 0.2) is 20.2 Å². The van der Waals surface area contributed by atoms with Crippen molar-refractivity contribution < 1.29 is 17.9 Å². The molecule has 0 unspecified atom stereocenters. The second-order valence-corrected chi connectivity index (χ2v) is 7.55. The fourth-order valence-electron chi connectivity index (χ4n) is 1.60. The van der Waals surface area contributed by atoms with E-state index in [1.807, 2.05) is 0 Å². The molecular formula is C12H13ClN2O4S2. The molecule has 0 bridgehead atoms. The zero-order valence-corrected chi connectivity index (χ0v) is 13.7. The van der Waals surface area contributed by atoms with Crippen LogP contribution in [0.25, 0.3) is 0 Å². The zero-order chi connectivity index (χ0) is 15.5. The van der Waals surface area contributed by atoms with Crippen LogP contribution in [-0.4, -0.2) is 27.6 Å². The standard InChI is InChI=1S/C12H13ClN2O4S2/c1-18-9-4-3-8(5-10(9)19-2)6-15-21(16,17)11-7-14-12(13)20-11/h3-5,7,15H,6H2,1-2H3. The van der Waals surface area contributed by atoms with Gasteiger partial charge in [-0.3, -0.25) is 0 Å². The topological polar surface area (TPSA) is 77.5 Å². The Morgan fingerprint density at radius 3 is 2.57 bits per heavy atom. The Balaban J connectivity index is 2.13. The first-order chi connectivity index (χ1) is 9.96. The van der Waals surface area contributed by atoms with Gasteiger partial charge in [0.1, 0.15) is 0 Å². The molecule has 0 aliphatic heterocycles. The van der Waals surface area contributed by atoms with Crippen LogP contribution in [0.4, 0.5) is 0 Å². The molecule has 0 radical (unpaired) electrons. The molecule has 0 saturated heterocycles. The highest BCUT2D eigenvalue weighted by Crippen LogP contribution is 2.28. The summed E-state index contributed by atoms with van der Waals surface area (Å²) >= 11 is 6.54. The van der Waals surface area contributed by atoms with Crippen LogP contribution < -0.4 is 14.2 Å². The molecule has 2 rings (SSSR count). The van der Waals surface area contributed by atoms with E-state index in [2.05, 4.69) is 9.71 Å².